The first-order valence-corrected chi connectivity index (χ1v) is 13.5. The van der Waals surface area contributed by atoms with Crippen LogP contribution in [0, 0.1) is 5.92 Å². The number of nitrogens with one attached hydrogen (secondary N) is 1. The fraction of sp³-hybridized carbons (Fsp3) is 0.625. The summed E-state index contributed by atoms with van der Waals surface area (Å²) >= 11 is 0. The van der Waals surface area contributed by atoms with Gasteiger partial charge in [0.05, 0.1) is 11.5 Å². The van der Waals surface area contributed by atoms with E-state index < -0.39 is 34.4 Å². The van der Waals surface area contributed by atoms with Gasteiger partial charge in [-0.25, -0.2) is 13.2 Å². The van der Waals surface area contributed by atoms with Crippen molar-refractivity contribution in [2.24, 2.45) is 5.92 Å². The molecule has 1 heterocycles. The van der Waals surface area contributed by atoms with Crippen LogP contribution in [-0.2, 0) is 24.2 Å². The summed E-state index contributed by atoms with van der Waals surface area (Å²) in [7, 11) is -3.16. The number of sulfone groups is 1. The van der Waals surface area contributed by atoms with Crippen LogP contribution in [0.1, 0.15) is 62.7 Å². The van der Waals surface area contributed by atoms with Gasteiger partial charge in [0.1, 0.15) is 6.04 Å². The third-order valence-corrected chi connectivity index (χ3v) is 8.19. The first-order valence-electron chi connectivity index (χ1n) is 11.7. The summed E-state index contributed by atoms with van der Waals surface area (Å²) in [5.41, 5.74) is 0.429. The molecule has 2 fully saturated rings. The van der Waals surface area contributed by atoms with Crippen LogP contribution in [0.2, 0.25) is 0 Å². The lowest BCUT2D eigenvalue weighted by atomic mass is 9.93. The second-order valence-corrected chi connectivity index (χ2v) is 11.5. The molecule has 182 valence electrons. The van der Waals surface area contributed by atoms with Gasteiger partial charge in [0.15, 0.2) is 16.4 Å². The third-order valence-electron chi connectivity index (χ3n) is 6.44. The molecule has 1 saturated carbocycles. The molecule has 1 aliphatic heterocycles. The highest BCUT2D eigenvalue weighted by molar-refractivity contribution is 7.91. The minimum absolute atomic E-state index is 0.0260. The van der Waals surface area contributed by atoms with Crippen molar-refractivity contribution in [2.75, 3.05) is 18.1 Å². The van der Waals surface area contributed by atoms with E-state index in [0.717, 1.165) is 32.1 Å². The second-order valence-electron chi connectivity index (χ2n) is 9.32. The highest BCUT2D eigenvalue weighted by Crippen LogP contribution is 2.28. The largest absolute Gasteiger partial charge is 0.454 e. The van der Waals surface area contributed by atoms with Crippen LogP contribution in [-0.4, -0.2) is 67.3 Å². The highest BCUT2D eigenvalue weighted by Gasteiger charge is 2.39. The summed E-state index contributed by atoms with van der Waals surface area (Å²) in [6.45, 7) is 3.11. The Morgan fingerprint density at radius 1 is 1.03 bits per heavy atom. The summed E-state index contributed by atoms with van der Waals surface area (Å²) in [6, 6.07) is 7.27. The lowest BCUT2D eigenvalue weighted by Crippen LogP contribution is -2.51. The molecule has 0 aromatic heterocycles. The zero-order valence-corrected chi connectivity index (χ0v) is 20.2. The van der Waals surface area contributed by atoms with Gasteiger partial charge in [-0.3, -0.25) is 9.59 Å². The number of carbonyl (C=O) groups is 3. The molecule has 1 aromatic rings. The summed E-state index contributed by atoms with van der Waals surface area (Å²) in [5.74, 6) is -1.63. The van der Waals surface area contributed by atoms with Gasteiger partial charge in [-0.2, -0.15) is 0 Å². The SMILES string of the molecule is CC(C)C(NC(=O)c1ccccc1)C(=O)OCC(=O)N(C1CCCCC1)C1CCS(=O)(=O)C1. The number of hydrogen-bond acceptors (Lipinski definition) is 6. The predicted molar refractivity (Wildman–Crippen MR) is 124 cm³/mol. The third kappa shape index (κ3) is 6.79. The molecule has 2 amide bonds. The number of esters is 1. The van der Waals surface area contributed by atoms with Gasteiger partial charge in [-0.15, -0.1) is 0 Å². The number of nitrogens with zero attached hydrogens (tertiary/aromatic N) is 1. The lowest BCUT2D eigenvalue weighted by molar-refractivity contribution is -0.156. The summed E-state index contributed by atoms with van der Waals surface area (Å²) < 4.78 is 29.4. The first kappa shape index (κ1) is 25.2. The molecule has 9 heteroatoms. The number of carbonyl (C=O) groups excluding carboxylic acids is 3. The number of benzene rings is 1. The van der Waals surface area contributed by atoms with Crippen molar-refractivity contribution in [3.05, 3.63) is 35.9 Å². The van der Waals surface area contributed by atoms with Crippen molar-refractivity contribution >= 4 is 27.6 Å². The molecular formula is C24H34N2O6S. The van der Waals surface area contributed by atoms with E-state index in [9.17, 15) is 22.8 Å². The van der Waals surface area contributed by atoms with Crippen LogP contribution in [0.4, 0.5) is 0 Å². The van der Waals surface area contributed by atoms with Crippen molar-refractivity contribution in [1.82, 2.24) is 10.2 Å². The van der Waals surface area contributed by atoms with Crippen LogP contribution in [0.15, 0.2) is 30.3 Å². The van der Waals surface area contributed by atoms with E-state index in [4.69, 9.17) is 4.74 Å². The standard InChI is InChI=1S/C24H34N2O6S/c1-17(2)22(25-23(28)18-9-5-3-6-10-18)24(29)32-15-21(27)26(19-11-7-4-8-12-19)20-13-14-33(30,31)16-20/h3,5-6,9-10,17,19-20,22H,4,7-8,11-16H2,1-2H3,(H,25,28). The molecular weight excluding hydrogens is 444 g/mol. The van der Waals surface area contributed by atoms with Gasteiger partial charge in [-0.05, 0) is 37.3 Å². The fourth-order valence-electron chi connectivity index (χ4n) is 4.67. The number of rotatable bonds is 8. The van der Waals surface area contributed by atoms with Gasteiger partial charge in [0.2, 0.25) is 0 Å². The fourth-order valence-corrected chi connectivity index (χ4v) is 6.38. The Morgan fingerprint density at radius 3 is 2.27 bits per heavy atom. The van der Waals surface area contributed by atoms with Crippen molar-refractivity contribution in [3.8, 4) is 0 Å². The Labute approximate surface area is 196 Å². The van der Waals surface area contributed by atoms with Crippen LogP contribution in [0.25, 0.3) is 0 Å². The Hall–Kier alpha value is -2.42. The van der Waals surface area contributed by atoms with Crippen molar-refractivity contribution in [3.63, 3.8) is 0 Å². The maximum atomic E-state index is 13.1. The summed E-state index contributed by atoms with van der Waals surface area (Å²) in [6.07, 6.45) is 5.17. The molecule has 0 spiro atoms. The minimum Gasteiger partial charge on any atom is -0.454 e. The Morgan fingerprint density at radius 2 is 1.70 bits per heavy atom. The van der Waals surface area contributed by atoms with Crippen LogP contribution < -0.4 is 5.32 Å². The van der Waals surface area contributed by atoms with Crippen molar-refractivity contribution in [2.45, 2.75) is 70.5 Å². The van der Waals surface area contributed by atoms with Gasteiger partial charge < -0.3 is 15.0 Å². The first-order chi connectivity index (χ1) is 15.7. The quantitative estimate of drug-likeness (QED) is 0.575. The van der Waals surface area contributed by atoms with E-state index in [2.05, 4.69) is 5.32 Å². The smallest absolute Gasteiger partial charge is 0.329 e. The Bertz CT molecular complexity index is 941. The lowest BCUT2D eigenvalue weighted by Gasteiger charge is -2.38. The second kappa shape index (κ2) is 11.1. The van der Waals surface area contributed by atoms with E-state index in [1.807, 2.05) is 0 Å². The van der Waals surface area contributed by atoms with Crippen LogP contribution in [0.3, 0.4) is 0 Å². The van der Waals surface area contributed by atoms with Crippen molar-refractivity contribution < 1.29 is 27.5 Å². The van der Waals surface area contributed by atoms with Gasteiger partial charge in [-0.1, -0.05) is 51.3 Å². The zero-order valence-electron chi connectivity index (χ0n) is 19.4. The number of ether oxygens (including phenoxy) is 1. The maximum absolute atomic E-state index is 13.1. The average molecular weight is 479 g/mol. The zero-order chi connectivity index (χ0) is 24.0. The molecule has 0 radical (unpaired) electrons. The normalized spacial score (nSPS) is 21.4. The van der Waals surface area contributed by atoms with E-state index in [1.165, 1.54) is 0 Å². The predicted octanol–water partition coefficient (Wildman–Crippen LogP) is 2.33. The topological polar surface area (TPSA) is 110 Å². The number of hydrogen-bond donors (Lipinski definition) is 1. The molecule has 33 heavy (non-hydrogen) atoms. The monoisotopic (exact) mass is 478 g/mol. The summed E-state index contributed by atoms with van der Waals surface area (Å²) in [4.78, 5) is 40.1. The van der Waals surface area contributed by atoms with Crippen molar-refractivity contribution in [1.29, 1.82) is 0 Å². The van der Waals surface area contributed by atoms with Crippen LogP contribution in [0.5, 0.6) is 0 Å². The molecule has 2 aliphatic rings. The van der Waals surface area contributed by atoms with Gasteiger partial charge >= 0.3 is 5.97 Å². The van der Waals surface area contributed by atoms with Crippen LogP contribution >= 0.6 is 0 Å². The average Bonchev–Trinajstić information content (AvgIpc) is 3.15. The minimum atomic E-state index is -3.16. The molecule has 3 rings (SSSR count). The molecule has 1 N–H and O–H groups in total. The van der Waals surface area contributed by atoms with Gasteiger partial charge in [0.25, 0.3) is 11.8 Å². The maximum Gasteiger partial charge on any atom is 0.329 e. The van der Waals surface area contributed by atoms with E-state index >= 15 is 0 Å². The highest BCUT2D eigenvalue weighted by atomic mass is 32.2. The molecule has 8 nitrogen and oxygen atoms in total. The molecule has 1 saturated heterocycles. The number of amides is 2. The van der Waals surface area contributed by atoms with E-state index in [1.54, 1.807) is 49.1 Å². The molecule has 1 aliphatic carbocycles. The Kier molecular flexibility index (Phi) is 8.51. The molecule has 1 aromatic carbocycles. The molecule has 0 bridgehead atoms. The van der Waals surface area contributed by atoms with Gasteiger partial charge in [0, 0.05) is 17.6 Å². The van der Waals surface area contributed by atoms with E-state index in [-0.39, 0.29) is 35.4 Å². The molecule has 2 unspecified atom stereocenters. The molecule has 2 atom stereocenters. The summed E-state index contributed by atoms with van der Waals surface area (Å²) in [5, 5.41) is 2.70. The van der Waals surface area contributed by atoms with E-state index in [0.29, 0.717) is 12.0 Å². The Balaban J connectivity index is 1.64.